The summed E-state index contributed by atoms with van der Waals surface area (Å²) in [5.74, 6) is 0.212. The number of hydrogen-bond donors (Lipinski definition) is 1. The first kappa shape index (κ1) is 14.0. The number of ether oxygens (including phenoxy) is 1. The van der Waals surface area contributed by atoms with Crippen molar-refractivity contribution in [3.63, 3.8) is 0 Å². The van der Waals surface area contributed by atoms with E-state index in [1.807, 2.05) is 35.2 Å². The van der Waals surface area contributed by atoms with Crippen LogP contribution < -0.4 is 5.73 Å². The molecule has 2 rings (SSSR count). The van der Waals surface area contributed by atoms with Crippen LogP contribution in [0, 0.1) is 0 Å². The zero-order valence-corrected chi connectivity index (χ0v) is 11.3. The van der Waals surface area contributed by atoms with Crippen molar-refractivity contribution < 1.29 is 9.53 Å². The Balaban J connectivity index is 1.76. The summed E-state index contributed by atoms with van der Waals surface area (Å²) in [5, 5.41) is 0. The van der Waals surface area contributed by atoms with Crippen LogP contribution in [0.25, 0.3) is 0 Å². The Bertz CT molecular complexity index is 386. The summed E-state index contributed by atoms with van der Waals surface area (Å²) in [6.07, 6.45) is 2.60. The molecule has 0 atom stereocenters. The van der Waals surface area contributed by atoms with Crippen molar-refractivity contribution in [1.82, 2.24) is 4.90 Å². The maximum atomic E-state index is 12.2. The van der Waals surface area contributed by atoms with Crippen LogP contribution in [0.15, 0.2) is 30.3 Å². The number of benzene rings is 1. The van der Waals surface area contributed by atoms with Gasteiger partial charge in [-0.1, -0.05) is 30.3 Å². The lowest BCUT2D eigenvalue weighted by molar-refractivity contribution is -0.133. The van der Waals surface area contributed by atoms with Crippen molar-refractivity contribution in [2.75, 3.05) is 26.2 Å². The fourth-order valence-electron chi connectivity index (χ4n) is 2.39. The van der Waals surface area contributed by atoms with Gasteiger partial charge in [0.2, 0.25) is 5.91 Å². The van der Waals surface area contributed by atoms with Gasteiger partial charge in [-0.25, -0.2) is 0 Å². The Morgan fingerprint density at radius 2 is 1.95 bits per heavy atom. The lowest BCUT2D eigenvalue weighted by Gasteiger charge is -2.32. The number of nitrogens with two attached hydrogens (primary N) is 1. The maximum absolute atomic E-state index is 12.2. The second-order valence-electron chi connectivity index (χ2n) is 4.90. The molecule has 1 saturated heterocycles. The Labute approximate surface area is 114 Å². The highest BCUT2D eigenvalue weighted by Gasteiger charge is 2.22. The first-order chi connectivity index (χ1) is 9.29. The predicted molar refractivity (Wildman–Crippen MR) is 74.8 cm³/mol. The van der Waals surface area contributed by atoms with Crippen molar-refractivity contribution >= 4 is 5.91 Å². The number of nitrogens with zero attached hydrogens (tertiary/aromatic N) is 1. The van der Waals surface area contributed by atoms with Crippen LogP contribution in [0.1, 0.15) is 18.4 Å². The van der Waals surface area contributed by atoms with Crippen molar-refractivity contribution in [2.45, 2.75) is 25.4 Å². The molecule has 0 spiro atoms. The lowest BCUT2D eigenvalue weighted by Crippen LogP contribution is -2.41. The molecule has 2 N–H and O–H groups in total. The summed E-state index contributed by atoms with van der Waals surface area (Å²) in [5.41, 5.74) is 6.50. The van der Waals surface area contributed by atoms with E-state index in [9.17, 15) is 4.79 Å². The molecule has 1 fully saturated rings. The van der Waals surface area contributed by atoms with Gasteiger partial charge in [0.25, 0.3) is 0 Å². The molecule has 1 amide bonds. The van der Waals surface area contributed by atoms with E-state index in [0.717, 1.165) is 31.5 Å². The molecule has 0 aliphatic carbocycles. The minimum absolute atomic E-state index is 0.212. The summed E-state index contributed by atoms with van der Waals surface area (Å²) in [6.45, 7) is 2.76. The highest BCUT2D eigenvalue weighted by Crippen LogP contribution is 2.15. The van der Waals surface area contributed by atoms with Crippen LogP contribution in [0.4, 0.5) is 0 Å². The molecule has 4 nitrogen and oxygen atoms in total. The van der Waals surface area contributed by atoms with Gasteiger partial charge in [-0.05, 0) is 18.4 Å². The van der Waals surface area contributed by atoms with Gasteiger partial charge in [0.1, 0.15) is 0 Å². The third-order valence-corrected chi connectivity index (χ3v) is 3.46. The lowest BCUT2D eigenvalue weighted by atomic mass is 10.1. The highest BCUT2D eigenvalue weighted by molar-refractivity contribution is 5.78. The van der Waals surface area contributed by atoms with Crippen molar-refractivity contribution in [3.05, 3.63) is 35.9 Å². The molecular weight excluding hydrogens is 240 g/mol. The number of rotatable bonds is 5. The predicted octanol–water partition coefficient (Wildman–Crippen LogP) is 1.20. The van der Waals surface area contributed by atoms with Gasteiger partial charge in [-0.3, -0.25) is 4.79 Å². The highest BCUT2D eigenvalue weighted by atomic mass is 16.5. The van der Waals surface area contributed by atoms with E-state index in [0.29, 0.717) is 19.6 Å². The molecule has 1 aromatic rings. The molecule has 0 bridgehead atoms. The molecule has 4 heteroatoms. The van der Waals surface area contributed by atoms with Crippen LogP contribution in [-0.4, -0.2) is 43.2 Å². The molecule has 0 saturated carbocycles. The van der Waals surface area contributed by atoms with Crippen LogP contribution in [0.3, 0.4) is 0 Å². The SMILES string of the molecule is NCCOC1CCN(C(=O)Cc2ccccc2)CC1. The van der Waals surface area contributed by atoms with E-state index >= 15 is 0 Å². The van der Waals surface area contributed by atoms with Crippen molar-refractivity contribution in [3.8, 4) is 0 Å². The molecule has 104 valence electrons. The fraction of sp³-hybridized carbons (Fsp3) is 0.533. The summed E-state index contributed by atoms with van der Waals surface area (Å²) in [7, 11) is 0. The molecule has 1 aliphatic heterocycles. The van der Waals surface area contributed by atoms with E-state index in [4.69, 9.17) is 10.5 Å². The topological polar surface area (TPSA) is 55.6 Å². The number of likely N-dealkylation sites (tertiary alicyclic amines) is 1. The molecule has 0 radical (unpaired) electrons. The molecule has 1 aliphatic rings. The summed E-state index contributed by atoms with van der Waals surface area (Å²) < 4.78 is 5.62. The zero-order chi connectivity index (χ0) is 13.5. The van der Waals surface area contributed by atoms with E-state index in [1.54, 1.807) is 0 Å². The third kappa shape index (κ3) is 4.33. The van der Waals surface area contributed by atoms with Gasteiger partial charge in [-0.15, -0.1) is 0 Å². The van der Waals surface area contributed by atoms with Crippen LogP contribution >= 0.6 is 0 Å². The third-order valence-electron chi connectivity index (χ3n) is 3.46. The van der Waals surface area contributed by atoms with Gasteiger partial charge < -0.3 is 15.4 Å². The van der Waals surface area contributed by atoms with Crippen molar-refractivity contribution in [1.29, 1.82) is 0 Å². The Kier molecular flexibility index (Phi) is 5.36. The number of hydrogen-bond acceptors (Lipinski definition) is 3. The summed E-state index contributed by atoms with van der Waals surface area (Å²) in [6, 6.07) is 9.89. The van der Waals surface area contributed by atoms with Crippen LogP contribution in [0.2, 0.25) is 0 Å². The number of amides is 1. The summed E-state index contributed by atoms with van der Waals surface area (Å²) in [4.78, 5) is 14.1. The molecule has 0 aromatic heterocycles. The van der Waals surface area contributed by atoms with Gasteiger partial charge in [0.15, 0.2) is 0 Å². The molecule has 0 unspecified atom stereocenters. The average molecular weight is 262 g/mol. The average Bonchev–Trinajstić information content (AvgIpc) is 2.46. The Hall–Kier alpha value is -1.39. The minimum Gasteiger partial charge on any atom is -0.377 e. The van der Waals surface area contributed by atoms with Gasteiger partial charge in [0.05, 0.1) is 19.1 Å². The number of carbonyl (C=O) groups excluding carboxylic acids is 1. The standard InChI is InChI=1S/C15H22N2O2/c16-8-11-19-14-6-9-17(10-7-14)15(18)12-13-4-2-1-3-5-13/h1-5,14H,6-12,16H2. The first-order valence-electron chi connectivity index (χ1n) is 6.93. The fourth-order valence-corrected chi connectivity index (χ4v) is 2.39. The van der Waals surface area contributed by atoms with Gasteiger partial charge >= 0.3 is 0 Å². The van der Waals surface area contributed by atoms with Crippen LogP contribution in [-0.2, 0) is 16.0 Å². The van der Waals surface area contributed by atoms with E-state index in [2.05, 4.69) is 0 Å². The first-order valence-corrected chi connectivity index (χ1v) is 6.93. The maximum Gasteiger partial charge on any atom is 0.226 e. The summed E-state index contributed by atoms with van der Waals surface area (Å²) >= 11 is 0. The van der Waals surface area contributed by atoms with Gasteiger partial charge in [-0.2, -0.15) is 0 Å². The Morgan fingerprint density at radius 1 is 1.26 bits per heavy atom. The molecule has 1 aromatic carbocycles. The monoisotopic (exact) mass is 262 g/mol. The normalized spacial score (nSPS) is 16.6. The second-order valence-corrected chi connectivity index (χ2v) is 4.90. The van der Waals surface area contributed by atoms with Crippen LogP contribution in [0.5, 0.6) is 0 Å². The quantitative estimate of drug-likeness (QED) is 0.867. The second kappa shape index (κ2) is 7.26. The van der Waals surface area contributed by atoms with E-state index in [-0.39, 0.29) is 12.0 Å². The molecule has 1 heterocycles. The molecular formula is C15H22N2O2. The smallest absolute Gasteiger partial charge is 0.226 e. The zero-order valence-electron chi connectivity index (χ0n) is 11.3. The van der Waals surface area contributed by atoms with Crippen molar-refractivity contribution in [2.24, 2.45) is 5.73 Å². The van der Waals surface area contributed by atoms with Gasteiger partial charge in [0, 0.05) is 19.6 Å². The number of piperidine rings is 1. The molecule has 19 heavy (non-hydrogen) atoms. The largest absolute Gasteiger partial charge is 0.377 e. The van der Waals surface area contributed by atoms with E-state index < -0.39 is 0 Å². The minimum atomic E-state index is 0.212. The van der Waals surface area contributed by atoms with E-state index in [1.165, 1.54) is 0 Å². The Morgan fingerprint density at radius 3 is 2.58 bits per heavy atom. The number of carbonyl (C=O) groups is 1.